The summed E-state index contributed by atoms with van der Waals surface area (Å²) in [6.07, 6.45) is 1.15. The smallest absolute Gasteiger partial charge is 0.256 e. The number of piperazine rings is 1. The Bertz CT molecular complexity index is 1410. The first-order valence-electron chi connectivity index (χ1n) is 12.3. The molecule has 37 heavy (non-hydrogen) atoms. The van der Waals surface area contributed by atoms with Gasteiger partial charge in [0.05, 0.1) is 5.52 Å². The Labute approximate surface area is 213 Å². The largest absolute Gasteiger partial charge is 0.470 e. The molecule has 4 aromatic rings. The first-order valence-corrected chi connectivity index (χ1v) is 12.3. The maximum absolute atomic E-state index is 15.2. The van der Waals surface area contributed by atoms with Crippen molar-refractivity contribution in [3.8, 4) is 5.88 Å². The van der Waals surface area contributed by atoms with Gasteiger partial charge in [0.2, 0.25) is 5.82 Å². The van der Waals surface area contributed by atoms with Gasteiger partial charge < -0.3 is 24.8 Å². The third kappa shape index (κ3) is 4.93. The molecule has 194 valence electrons. The number of hydrogen-bond acceptors (Lipinski definition) is 6. The van der Waals surface area contributed by atoms with Gasteiger partial charge in [0.15, 0.2) is 5.82 Å². The Hall–Kier alpha value is -3.79. The number of nitrogens with zero attached hydrogens (tertiary/aromatic N) is 4. The molecule has 1 saturated heterocycles. The summed E-state index contributed by atoms with van der Waals surface area (Å²) in [5.41, 5.74) is 2.66. The van der Waals surface area contributed by atoms with Gasteiger partial charge >= 0.3 is 0 Å². The van der Waals surface area contributed by atoms with Crippen LogP contribution < -0.4 is 20.3 Å². The van der Waals surface area contributed by atoms with Crippen LogP contribution >= 0.6 is 0 Å². The van der Waals surface area contributed by atoms with Crippen molar-refractivity contribution < 1.29 is 17.9 Å². The molecule has 0 saturated carbocycles. The number of hydrogen-bond donors (Lipinski definition) is 2. The minimum atomic E-state index is -0.822. The molecule has 0 radical (unpaired) electrons. The van der Waals surface area contributed by atoms with Crippen molar-refractivity contribution in [2.24, 2.45) is 0 Å². The summed E-state index contributed by atoms with van der Waals surface area (Å²) in [6, 6.07) is 10.3. The molecule has 2 N–H and O–H groups in total. The lowest BCUT2D eigenvalue weighted by Gasteiger charge is -2.29. The van der Waals surface area contributed by atoms with E-state index in [1.54, 1.807) is 17.6 Å². The molecule has 0 amide bonds. The fourth-order valence-electron chi connectivity index (χ4n) is 4.80. The number of aryl methyl sites for hydroxylation is 1. The number of rotatable bonds is 7. The molecule has 5 rings (SSSR count). The standard InChI is InChI=1S/C27H29F3N6O/c1-16(2)36-17(3)12-21-23(29)18(13-22(28)25(21)36)14-37-27-24(30)26(32-15-33-27)34-19-4-6-20(7-5-19)35-10-8-31-9-11-35/h4-7,12-13,15-16,31H,8-11,14H2,1-3H3,(H,32,33,34). The van der Waals surface area contributed by atoms with Gasteiger partial charge in [0.1, 0.15) is 24.6 Å². The van der Waals surface area contributed by atoms with E-state index in [-0.39, 0.29) is 34.2 Å². The molecule has 0 bridgehead atoms. The van der Waals surface area contributed by atoms with Crippen LogP contribution in [0.25, 0.3) is 10.9 Å². The van der Waals surface area contributed by atoms with Crippen LogP contribution in [0.1, 0.15) is 31.1 Å². The highest BCUT2D eigenvalue weighted by Gasteiger charge is 2.21. The van der Waals surface area contributed by atoms with Gasteiger partial charge in [-0.15, -0.1) is 0 Å². The Kier molecular flexibility index (Phi) is 6.92. The third-order valence-corrected chi connectivity index (χ3v) is 6.53. The minimum Gasteiger partial charge on any atom is -0.470 e. The molecule has 10 heteroatoms. The SMILES string of the molecule is Cc1cc2c(F)c(COc3ncnc(Nc4ccc(N5CCNCC5)cc4)c3F)cc(F)c2n1C(C)C. The number of benzene rings is 2. The lowest BCUT2D eigenvalue weighted by atomic mass is 10.1. The average Bonchev–Trinajstić information content (AvgIpc) is 3.26. The highest BCUT2D eigenvalue weighted by molar-refractivity contribution is 5.83. The van der Waals surface area contributed by atoms with E-state index in [1.807, 2.05) is 38.1 Å². The fourth-order valence-corrected chi connectivity index (χ4v) is 4.80. The van der Waals surface area contributed by atoms with Gasteiger partial charge in [-0.25, -0.2) is 13.8 Å². The molecule has 1 fully saturated rings. The molecule has 0 spiro atoms. The molecular weight excluding hydrogens is 481 g/mol. The Morgan fingerprint density at radius 2 is 1.76 bits per heavy atom. The van der Waals surface area contributed by atoms with Crippen molar-refractivity contribution in [2.45, 2.75) is 33.4 Å². The monoisotopic (exact) mass is 510 g/mol. The van der Waals surface area contributed by atoms with Crippen molar-refractivity contribution in [3.63, 3.8) is 0 Å². The van der Waals surface area contributed by atoms with Crippen molar-refractivity contribution >= 4 is 28.1 Å². The zero-order chi connectivity index (χ0) is 26.1. The maximum Gasteiger partial charge on any atom is 0.256 e. The molecule has 0 unspecified atom stereocenters. The van der Waals surface area contributed by atoms with Crippen molar-refractivity contribution in [1.29, 1.82) is 0 Å². The minimum absolute atomic E-state index is 0.0260. The van der Waals surface area contributed by atoms with Gasteiger partial charge in [0.25, 0.3) is 5.88 Å². The van der Waals surface area contributed by atoms with E-state index >= 15 is 8.78 Å². The fraction of sp³-hybridized carbons (Fsp3) is 0.333. The summed E-state index contributed by atoms with van der Waals surface area (Å²) in [5.74, 6) is -2.42. The molecule has 0 atom stereocenters. The lowest BCUT2D eigenvalue weighted by molar-refractivity contribution is 0.271. The molecule has 1 aliphatic heterocycles. The Balaban J connectivity index is 1.32. The first kappa shape index (κ1) is 24.9. The van der Waals surface area contributed by atoms with Crippen LogP contribution in [-0.4, -0.2) is 40.7 Å². The summed E-state index contributed by atoms with van der Waals surface area (Å²) in [4.78, 5) is 10.1. The van der Waals surface area contributed by atoms with E-state index in [9.17, 15) is 4.39 Å². The first-order chi connectivity index (χ1) is 17.8. The lowest BCUT2D eigenvalue weighted by Crippen LogP contribution is -2.43. The second-order valence-corrected chi connectivity index (χ2v) is 9.38. The second-order valence-electron chi connectivity index (χ2n) is 9.38. The number of halogens is 3. The van der Waals surface area contributed by atoms with Gasteiger partial charge in [-0.3, -0.25) is 0 Å². The summed E-state index contributed by atoms with van der Waals surface area (Å²) < 4.78 is 52.5. The van der Waals surface area contributed by atoms with Crippen LogP contribution in [0.2, 0.25) is 0 Å². The van der Waals surface area contributed by atoms with E-state index in [0.29, 0.717) is 5.69 Å². The highest BCUT2D eigenvalue weighted by Crippen LogP contribution is 2.31. The zero-order valence-corrected chi connectivity index (χ0v) is 21.0. The summed E-state index contributed by atoms with van der Waals surface area (Å²) >= 11 is 0. The van der Waals surface area contributed by atoms with Gasteiger partial charge in [0, 0.05) is 60.2 Å². The molecule has 1 aliphatic rings. The number of ether oxygens (including phenoxy) is 1. The van der Waals surface area contributed by atoms with Gasteiger partial charge in [-0.05, 0) is 57.2 Å². The normalized spacial score (nSPS) is 14.0. The highest BCUT2D eigenvalue weighted by atomic mass is 19.1. The van der Waals surface area contributed by atoms with Gasteiger partial charge in [-0.1, -0.05) is 0 Å². The summed E-state index contributed by atoms with van der Waals surface area (Å²) in [7, 11) is 0. The maximum atomic E-state index is 15.2. The van der Waals surface area contributed by atoms with Crippen LogP contribution in [0, 0.1) is 24.4 Å². The van der Waals surface area contributed by atoms with Crippen LogP contribution in [0.5, 0.6) is 5.88 Å². The van der Waals surface area contributed by atoms with E-state index in [0.717, 1.165) is 50.0 Å². The predicted octanol–water partition coefficient (Wildman–Crippen LogP) is 5.47. The van der Waals surface area contributed by atoms with Gasteiger partial charge in [-0.2, -0.15) is 9.37 Å². The molecule has 7 nitrogen and oxygen atoms in total. The molecular formula is C27H29F3N6O. The van der Waals surface area contributed by atoms with Crippen LogP contribution in [-0.2, 0) is 6.61 Å². The van der Waals surface area contributed by atoms with Crippen molar-refractivity contribution in [2.75, 3.05) is 36.4 Å². The van der Waals surface area contributed by atoms with Crippen molar-refractivity contribution in [1.82, 2.24) is 19.9 Å². The van der Waals surface area contributed by atoms with Crippen LogP contribution in [0.3, 0.4) is 0 Å². The van der Waals surface area contributed by atoms with E-state index < -0.39 is 24.1 Å². The van der Waals surface area contributed by atoms with Crippen molar-refractivity contribution in [3.05, 3.63) is 71.4 Å². The third-order valence-electron chi connectivity index (χ3n) is 6.53. The molecule has 2 aromatic heterocycles. The Morgan fingerprint density at radius 3 is 2.46 bits per heavy atom. The topological polar surface area (TPSA) is 67.2 Å². The number of anilines is 3. The zero-order valence-electron chi connectivity index (χ0n) is 21.0. The van der Waals surface area contributed by atoms with E-state index in [4.69, 9.17) is 4.74 Å². The quantitative estimate of drug-likeness (QED) is 0.344. The number of nitrogens with one attached hydrogen (secondary N) is 2. The average molecular weight is 511 g/mol. The molecule has 3 heterocycles. The molecule has 2 aromatic carbocycles. The summed E-state index contributed by atoms with van der Waals surface area (Å²) in [6.45, 7) is 8.95. The molecule has 0 aliphatic carbocycles. The number of aromatic nitrogens is 3. The van der Waals surface area contributed by atoms with E-state index in [2.05, 4.69) is 25.5 Å². The second kappa shape index (κ2) is 10.3. The summed E-state index contributed by atoms with van der Waals surface area (Å²) in [5, 5.41) is 6.42. The van der Waals surface area contributed by atoms with Crippen LogP contribution in [0.15, 0.2) is 42.7 Å². The Morgan fingerprint density at radius 1 is 1.03 bits per heavy atom. The van der Waals surface area contributed by atoms with E-state index in [1.165, 1.54) is 0 Å². The predicted molar refractivity (Wildman–Crippen MR) is 138 cm³/mol. The van der Waals surface area contributed by atoms with Crippen LogP contribution in [0.4, 0.5) is 30.4 Å². The number of fused-ring (bicyclic) bond motifs is 1.